The van der Waals surface area contributed by atoms with Crippen LogP contribution in [-0.2, 0) is 30.3 Å². The first-order valence-electron chi connectivity index (χ1n) is 14.3. The topological polar surface area (TPSA) is 182 Å². The molecule has 2 aromatic rings. The van der Waals surface area contributed by atoms with E-state index in [0.29, 0.717) is 39.1 Å². The number of carbonyl (C=O) groups excluding carboxylic acids is 3. The lowest BCUT2D eigenvalue weighted by Gasteiger charge is -2.29. The second-order valence-corrected chi connectivity index (χ2v) is 9.92. The van der Waals surface area contributed by atoms with Crippen molar-refractivity contribution in [3.05, 3.63) is 54.1 Å². The lowest BCUT2D eigenvalue weighted by molar-refractivity contribution is -0.169. The Labute approximate surface area is 246 Å². The molecule has 1 aliphatic heterocycles. The number of hydrogen-bond donors (Lipinski definition) is 5. The third-order valence-corrected chi connectivity index (χ3v) is 6.69. The molecule has 0 radical (unpaired) electrons. The number of nitrogens with zero attached hydrogens (tertiary/aromatic N) is 1. The fourth-order valence-corrected chi connectivity index (χ4v) is 4.49. The first-order chi connectivity index (χ1) is 20.3. The van der Waals surface area contributed by atoms with E-state index in [4.69, 9.17) is 31.1 Å². The third kappa shape index (κ3) is 10.3. The summed E-state index contributed by atoms with van der Waals surface area (Å²) in [5.41, 5.74) is 13.7. The van der Waals surface area contributed by atoms with Gasteiger partial charge in [0.1, 0.15) is 18.4 Å². The molecule has 1 unspecified atom stereocenters. The Kier molecular flexibility index (Phi) is 13.1. The second kappa shape index (κ2) is 16.9. The van der Waals surface area contributed by atoms with Gasteiger partial charge in [-0.2, -0.15) is 0 Å². The fourth-order valence-electron chi connectivity index (χ4n) is 4.49. The van der Waals surface area contributed by atoms with Crippen LogP contribution in [0.3, 0.4) is 0 Å². The molecule has 1 aliphatic rings. The van der Waals surface area contributed by atoms with Crippen LogP contribution in [0.15, 0.2) is 48.5 Å². The van der Waals surface area contributed by atoms with Crippen molar-refractivity contribution in [2.24, 2.45) is 11.5 Å². The number of guanidine groups is 1. The Balaban J connectivity index is 1.38. The molecule has 12 heteroatoms. The van der Waals surface area contributed by atoms with Gasteiger partial charge in [0.15, 0.2) is 12.1 Å². The van der Waals surface area contributed by atoms with E-state index in [1.54, 1.807) is 11.8 Å². The van der Waals surface area contributed by atoms with E-state index in [-0.39, 0.29) is 31.3 Å². The molecule has 1 heterocycles. The van der Waals surface area contributed by atoms with E-state index in [1.165, 1.54) is 0 Å². The van der Waals surface area contributed by atoms with Gasteiger partial charge in [0.2, 0.25) is 5.91 Å². The molecule has 42 heavy (non-hydrogen) atoms. The van der Waals surface area contributed by atoms with Gasteiger partial charge in [-0.05, 0) is 62.4 Å². The summed E-state index contributed by atoms with van der Waals surface area (Å²) in [6, 6.07) is 14.2. The van der Waals surface area contributed by atoms with Crippen molar-refractivity contribution in [3.63, 3.8) is 0 Å². The number of nitrogens with two attached hydrogens (primary N) is 2. The van der Waals surface area contributed by atoms with Crippen LogP contribution < -0.4 is 31.7 Å². The van der Waals surface area contributed by atoms with E-state index in [9.17, 15) is 14.4 Å². The minimum atomic E-state index is -0.968. The number of carbonyl (C=O) groups is 3. The first-order valence-corrected chi connectivity index (χ1v) is 14.3. The van der Waals surface area contributed by atoms with Crippen molar-refractivity contribution in [1.82, 2.24) is 5.32 Å². The molecule has 7 N–H and O–H groups in total. The molecule has 0 saturated carbocycles. The largest absolute Gasteiger partial charge is 0.490 e. The zero-order chi connectivity index (χ0) is 30.3. The standard InChI is InChI=1S/C30H42N6O6/c1-2-40-26(29(39)42-28(38)23(31)8-7-17-35-30(32)33)20-21-12-14-22(15-13-21)34-16-6-5-11-27(37)36-18-19-41-25-10-4-3-9-24(25)36/h3-4,9-10,12-15,23,26,34H,2,5-8,11,16-20,31H2,1H3,(H4,32,33,35)/t23-,26?/m0/s1. The fraction of sp³-hybridized carbons (Fsp3) is 0.467. The van der Waals surface area contributed by atoms with Gasteiger partial charge in [-0.25, -0.2) is 9.59 Å². The molecule has 0 spiro atoms. The van der Waals surface area contributed by atoms with Gasteiger partial charge >= 0.3 is 11.9 Å². The van der Waals surface area contributed by atoms with Crippen molar-refractivity contribution in [3.8, 4) is 5.75 Å². The van der Waals surface area contributed by atoms with Crippen molar-refractivity contribution >= 4 is 35.2 Å². The number of benzene rings is 2. The molecule has 12 nitrogen and oxygen atoms in total. The van der Waals surface area contributed by atoms with E-state index in [1.807, 2.05) is 48.5 Å². The maximum absolute atomic E-state index is 12.7. The molecule has 0 bridgehead atoms. The van der Waals surface area contributed by atoms with Gasteiger partial charge < -0.3 is 41.2 Å². The van der Waals surface area contributed by atoms with Crippen LogP contribution in [0.5, 0.6) is 5.75 Å². The quantitative estimate of drug-likeness (QED) is 0.0647. The van der Waals surface area contributed by atoms with Gasteiger partial charge in [-0.3, -0.25) is 10.2 Å². The van der Waals surface area contributed by atoms with Gasteiger partial charge in [-0.15, -0.1) is 0 Å². The summed E-state index contributed by atoms with van der Waals surface area (Å²) < 4.78 is 16.2. The number of esters is 2. The molecule has 0 saturated heterocycles. The molecule has 0 aliphatic carbocycles. The van der Waals surface area contributed by atoms with Crippen molar-refractivity contribution in [2.75, 3.05) is 43.1 Å². The molecular formula is C30H42N6O6. The van der Waals surface area contributed by atoms with E-state index >= 15 is 0 Å². The highest BCUT2D eigenvalue weighted by Gasteiger charge is 2.26. The van der Waals surface area contributed by atoms with Crippen LogP contribution in [0, 0.1) is 5.41 Å². The molecule has 0 aromatic heterocycles. The van der Waals surface area contributed by atoms with E-state index in [2.05, 4.69) is 10.6 Å². The number of unbranched alkanes of at least 4 members (excludes halogenated alkanes) is 1. The first kappa shape index (κ1) is 32.4. The molecule has 0 fully saturated rings. The number of rotatable bonds is 16. The van der Waals surface area contributed by atoms with Crippen LogP contribution in [0.4, 0.5) is 11.4 Å². The predicted octanol–water partition coefficient (Wildman–Crippen LogP) is 2.30. The van der Waals surface area contributed by atoms with Crippen LogP contribution in [0.1, 0.15) is 44.6 Å². The highest BCUT2D eigenvalue weighted by Crippen LogP contribution is 2.31. The smallest absolute Gasteiger partial charge is 0.343 e. The number of fused-ring (bicyclic) bond motifs is 1. The minimum Gasteiger partial charge on any atom is -0.490 e. The van der Waals surface area contributed by atoms with Gasteiger partial charge in [0.25, 0.3) is 0 Å². The summed E-state index contributed by atoms with van der Waals surface area (Å²) >= 11 is 0. The Hall–Kier alpha value is -4.16. The number of para-hydroxylation sites is 2. The summed E-state index contributed by atoms with van der Waals surface area (Å²) in [7, 11) is 0. The maximum atomic E-state index is 12.7. The summed E-state index contributed by atoms with van der Waals surface area (Å²) in [6.07, 6.45) is 2.12. The molecule has 3 rings (SSSR count). The summed E-state index contributed by atoms with van der Waals surface area (Å²) in [4.78, 5) is 39.4. The zero-order valence-electron chi connectivity index (χ0n) is 24.1. The average Bonchev–Trinajstić information content (AvgIpc) is 2.99. The number of amides is 1. The predicted molar refractivity (Wildman–Crippen MR) is 160 cm³/mol. The Morgan fingerprint density at radius 1 is 1.05 bits per heavy atom. The number of hydrogen-bond acceptors (Lipinski definition) is 9. The molecule has 2 aromatic carbocycles. The van der Waals surface area contributed by atoms with Gasteiger partial charge in [0.05, 0.1) is 12.2 Å². The van der Waals surface area contributed by atoms with E-state index in [0.717, 1.165) is 35.5 Å². The average molecular weight is 583 g/mol. The highest BCUT2D eigenvalue weighted by molar-refractivity contribution is 5.95. The van der Waals surface area contributed by atoms with Crippen LogP contribution in [0.2, 0.25) is 0 Å². The zero-order valence-corrected chi connectivity index (χ0v) is 24.1. The normalized spacial score (nSPS) is 13.7. The monoisotopic (exact) mass is 582 g/mol. The number of nitrogens with one attached hydrogen (secondary N) is 3. The summed E-state index contributed by atoms with van der Waals surface area (Å²) in [6.45, 7) is 4.20. The van der Waals surface area contributed by atoms with Gasteiger partial charge in [-0.1, -0.05) is 24.3 Å². The summed E-state index contributed by atoms with van der Waals surface area (Å²) in [5, 5.41) is 13.1. The summed E-state index contributed by atoms with van der Waals surface area (Å²) in [5.74, 6) is -0.913. The Morgan fingerprint density at radius 2 is 1.81 bits per heavy atom. The van der Waals surface area contributed by atoms with Crippen molar-refractivity contribution < 1.29 is 28.6 Å². The van der Waals surface area contributed by atoms with E-state index < -0.39 is 24.1 Å². The van der Waals surface area contributed by atoms with Crippen LogP contribution in [-0.4, -0.2) is 68.8 Å². The van der Waals surface area contributed by atoms with Crippen LogP contribution >= 0.6 is 0 Å². The third-order valence-electron chi connectivity index (χ3n) is 6.69. The van der Waals surface area contributed by atoms with Crippen molar-refractivity contribution in [1.29, 1.82) is 5.41 Å². The molecule has 2 atom stereocenters. The van der Waals surface area contributed by atoms with Crippen LogP contribution in [0.25, 0.3) is 0 Å². The Bertz CT molecular complexity index is 1190. The second-order valence-electron chi connectivity index (χ2n) is 9.92. The maximum Gasteiger partial charge on any atom is 0.343 e. The molecular weight excluding hydrogens is 540 g/mol. The SMILES string of the molecule is CCOC(Cc1ccc(NCCCCC(=O)N2CCOc3ccccc32)cc1)C(=O)OC(=O)[C@@H](N)CCCNC(=N)N. The number of ether oxygens (including phenoxy) is 3. The minimum absolute atomic E-state index is 0.100. The lowest BCUT2D eigenvalue weighted by atomic mass is 10.1. The lowest BCUT2D eigenvalue weighted by Crippen LogP contribution is -2.39. The molecule has 1 amide bonds. The highest BCUT2D eigenvalue weighted by atomic mass is 16.6. The molecule has 228 valence electrons. The van der Waals surface area contributed by atoms with Crippen molar-refractivity contribution in [2.45, 2.75) is 57.6 Å². The van der Waals surface area contributed by atoms with Gasteiger partial charge in [0, 0.05) is 38.2 Å². The Morgan fingerprint density at radius 3 is 2.55 bits per heavy atom. The number of anilines is 2.